The van der Waals surface area contributed by atoms with Crippen LogP contribution in [0.5, 0.6) is 0 Å². The van der Waals surface area contributed by atoms with Gasteiger partial charge in [0.05, 0.1) is 29.3 Å². The average Bonchev–Trinajstić information content (AvgIpc) is 3.00. The maximum Gasteiger partial charge on any atom is 0.258 e. The second-order valence-electron chi connectivity index (χ2n) is 8.95. The molecule has 0 aliphatic carbocycles. The molecule has 1 saturated heterocycles. The molecule has 2 aliphatic heterocycles. The van der Waals surface area contributed by atoms with Gasteiger partial charge in [-0.05, 0) is 25.5 Å². The molecule has 0 saturated carbocycles. The van der Waals surface area contributed by atoms with Crippen molar-refractivity contribution in [1.82, 2.24) is 14.9 Å². The smallest absolute Gasteiger partial charge is 0.258 e. The monoisotopic (exact) mass is 407 g/mol. The Balaban J connectivity index is 1.57. The van der Waals surface area contributed by atoms with Crippen LogP contribution in [0.4, 0.5) is 11.4 Å². The van der Waals surface area contributed by atoms with Crippen LogP contribution < -0.4 is 10.2 Å². The summed E-state index contributed by atoms with van der Waals surface area (Å²) in [5, 5.41) is 2.76. The lowest BCUT2D eigenvalue weighted by Crippen LogP contribution is -2.63. The van der Waals surface area contributed by atoms with Crippen molar-refractivity contribution in [3.8, 4) is 0 Å². The third-order valence-electron chi connectivity index (χ3n) is 5.65. The molecule has 2 aliphatic rings. The molecular weight excluding hydrogens is 382 g/mol. The Labute approximate surface area is 175 Å². The lowest BCUT2D eigenvalue weighted by atomic mass is 9.96. The summed E-state index contributed by atoms with van der Waals surface area (Å²) in [7, 11) is 0. The Bertz CT molecular complexity index is 1030. The standard InChI is InChI=1S/C22H25N5O3/c1-21(2,3)20-23-11-14(12-24-20)25-17(28)13-26-19(30)15-7-5-6-8-16(15)27-18(29)9-10-22(26,27)4/h5-8,11-12H,9-10,13H2,1-4H3,(H,25,28). The highest BCUT2D eigenvalue weighted by Gasteiger charge is 2.53. The van der Waals surface area contributed by atoms with Gasteiger partial charge in [-0.3, -0.25) is 19.3 Å². The van der Waals surface area contributed by atoms with Crippen molar-refractivity contribution in [3.05, 3.63) is 48.0 Å². The van der Waals surface area contributed by atoms with Gasteiger partial charge in [0.25, 0.3) is 5.91 Å². The van der Waals surface area contributed by atoms with E-state index in [4.69, 9.17) is 0 Å². The molecule has 2 aromatic rings. The quantitative estimate of drug-likeness (QED) is 0.844. The average molecular weight is 407 g/mol. The van der Waals surface area contributed by atoms with E-state index in [0.717, 1.165) is 0 Å². The van der Waals surface area contributed by atoms with Crippen LogP contribution in [0.15, 0.2) is 36.7 Å². The number of hydrogen-bond donors (Lipinski definition) is 1. The van der Waals surface area contributed by atoms with Crippen LogP contribution in [-0.2, 0) is 15.0 Å². The van der Waals surface area contributed by atoms with Gasteiger partial charge in [0, 0.05) is 11.8 Å². The van der Waals surface area contributed by atoms with Crippen molar-refractivity contribution < 1.29 is 14.4 Å². The molecule has 0 radical (unpaired) electrons. The minimum Gasteiger partial charge on any atom is -0.322 e. The Morgan fingerprint density at radius 2 is 1.83 bits per heavy atom. The predicted molar refractivity (Wildman–Crippen MR) is 112 cm³/mol. The molecule has 0 spiro atoms. The van der Waals surface area contributed by atoms with E-state index in [1.54, 1.807) is 35.5 Å². The van der Waals surface area contributed by atoms with E-state index in [9.17, 15) is 14.4 Å². The molecule has 156 valence electrons. The molecule has 8 heteroatoms. The van der Waals surface area contributed by atoms with Crippen molar-refractivity contribution >= 4 is 29.1 Å². The zero-order valence-corrected chi connectivity index (χ0v) is 17.6. The Morgan fingerprint density at radius 3 is 2.50 bits per heavy atom. The highest BCUT2D eigenvalue weighted by Crippen LogP contribution is 2.43. The van der Waals surface area contributed by atoms with Gasteiger partial charge in [0.15, 0.2) is 0 Å². The maximum absolute atomic E-state index is 13.2. The van der Waals surface area contributed by atoms with Crippen LogP contribution in [0.3, 0.4) is 0 Å². The molecule has 0 bridgehead atoms. The third-order valence-corrected chi connectivity index (χ3v) is 5.65. The minimum atomic E-state index is -0.869. The lowest BCUT2D eigenvalue weighted by Gasteiger charge is -2.48. The van der Waals surface area contributed by atoms with E-state index in [1.165, 1.54) is 4.90 Å². The van der Waals surface area contributed by atoms with Gasteiger partial charge in [-0.2, -0.15) is 0 Å². The Kier molecular flexibility index (Phi) is 4.60. The Hall–Kier alpha value is -3.29. The predicted octanol–water partition coefficient (Wildman–Crippen LogP) is 2.71. The van der Waals surface area contributed by atoms with Crippen LogP contribution in [-0.4, -0.2) is 44.8 Å². The SMILES string of the molecule is CC(C)(C)c1ncc(NC(=O)CN2C(=O)c3ccccc3N3C(=O)CCC23C)cn1. The largest absolute Gasteiger partial charge is 0.322 e. The van der Waals surface area contributed by atoms with Crippen LogP contribution in [0.1, 0.15) is 56.7 Å². The summed E-state index contributed by atoms with van der Waals surface area (Å²) in [6.45, 7) is 7.69. The summed E-state index contributed by atoms with van der Waals surface area (Å²) >= 11 is 0. The van der Waals surface area contributed by atoms with Crippen molar-refractivity contribution in [2.45, 2.75) is 51.6 Å². The van der Waals surface area contributed by atoms with E-state index >= 15 is 0 Å². The number of hydrogen-bond acceptors (Lipinski definition) is 5. The molecule has 1 fully saturated rings. The number of amides is 3. The molecule has 4 rings (SSSR count). The first-order valence-electron chi connectivity index (χ1n) is 9.98. The number of carbonyl (C=O) groups excluding carboxylic acids is 3. The van der Waals surface area contributed by atoms with Crippen molar-refractivity contribution in [3.63, 3.8) is 0 Å². The zero-order valence-electron chi connectivity index (χ0n) is 17.6. The second-order valence-corrected chi connectivity index (χ2v) is 8.95. The maximum atomic E-state index is 13.2. The van der Waals surface area contributed by atoms with Gasteiger partial charge in [-0.25, -0.2) is 9.97 Å². The lowest BCUT2D eigenvalue weighted by molar-refractivity contribution is -0.120. The van der Waals surface area contributed by atoms with Crippen LogP contribution in [0.2, 0.25) is 0 Å². The van der Waals surface area contributed by atoms with Crippen LogP contribution in [0.25, 0.3) is 0 Å². The second kappa shape index (κ2) is 6.90. The molecule has 3 amide bonds. The summed E-state index contributed by atoms with van der Waals surface area (Å²) in [6.07, 6.45) is 3.93. The number of para-hydroxylation sites is 1. The summed E-state index contributed by atoms with van der Waals surface area (Å²) < 4.78 is 0. The van der Waals surface area contributed by atoms with Crippen molar-refractivity contribution in [1.29, 1.82) is 0 Å². The molecule has 1 N–H and O–H groups in total. The van der Waals surface area contributed by atoms with Gasteiger partial charge in [-0.15, -0.1) is 0 Å². The van der Waals surface area contributed by atoms with E-state index in [-0.39, 0.29) is 29.7 Å². The number of rotatable bonds is 3. The molecule has 1 aromatic heterocycles. The molecule has 1 unspecified atom stereocenters. The summed E-state index contributed by atoms with van der Waals surface area (Å²) in [6, 6.07) is 7.03. The minimum absolute atomic E-state index is 0.0472. The highest BCUT2D eigenvalue weighted by molar-refractivity contribution is 6.11. The first-order valence-corrected chi connectivity index (χ1v) is 9.98. The summed E-state index contributed by atoms with van der Waals surface area (Å²) in [5.74, 6) is 0.00820. The first-order chi connectivity index (χ1) is 14.1. The van der Waals surface area contributed by atoms with Gasteiger partial charge in [0.2, 0.25) is 11.8 Å². The van der Waals surface area contributed by atoms with E-state index in [0.29, 0.717) is 35.6 Å². The summed E-state index contributed by atoms with van der Waals surface area (Å²) in [4.78, 5) is 50.3. The zero-order chi connectivity index (χ0) is 21.7. The molecular formula is C22H25N5O3. The fourth-order valence-corrected chi connectivity index (χ4v) is 4.07. The number of anilines is 2. The molecule has 3 heterocycles. The molecule has 8 nitrogen and oxygen atoms in total. The van der Waals surface area contributed by atoms with Crippen LogP contribution in [0, 0.1) is 0 Å². The van der Waals surface area contributed by atoms with Gasteiger partial charge < -0.3 is 10.2 Å². The number of fused-ring (bicyclic) bond motifs is 3. The third kappa shape index (κ3) is 3.22. The highest BCUT2D eigenvalue weighted by atomic mass is 16.2. The van der Waals surface area contributed by atoms with Gasteiger partial charge in [-0.1, -0.05) is 32.9 Å². The van der Waals surface area contributed by atoms with E-state index in [2.05, 4.69) is 15.3 Å². The fourth-order valence-electron chi connectivity index (χ4n) is 4.07. The molecule has 1 aromatic carbocycles. The molecule has 30 heavy (non-hydrogen) atoms. The number of aromatic nitrogens is 2. The fraction of sp³-hybridized carbons (Fsp3) is 0.409. The number of nitrogens with zero attached hydrogens (tertiary/aromatic N) is 4. The molecule has 1 atom stereocenters. The normalized spacial score (nSPS) is 20.8. The van der Waals surface area contributed by atoms with E-state index in [1.807, 2.05) is 33.8 Å². The topological polar surface area (TPSA) is 95.5 Å². The summed E-state index contributed by atoms with van der Waals surface area (Å²) in [5.41, 5.74) is 0.434. The number of nitrogens with one attached hydrogen (secondary N) is 1. The first kappa shape index (κ1) is 20.0. The van der Waals surface area contributed by atoms with Gasteiger partial charge in [0.1, 0.15) is 18.0 Å². The number of carbonyl (C=O) groups is 3. The van der Waals surface area contributed by atoms with Crippen LogP contribution >= 0.6 is 0 Å². The van der Waals surface area contributed by atoms with Crippen molar-refractivity contribution in [2.24, 2.45) is 0 Å². The van der Waals surface area contributed by atoms with Crippen molar-refractivity contribution in [2.75, 3.05) is 16.8 Å². The Morgan fingerprint density at radius 1 is 1.17 bits per heavy atom. The van der Waals surface area contributed by atoms with Gasteiger partial charge >= 0.3 is 0 Å². The van der Waals surface area contributed by atoms with E-state index < -0.39 is 5.66 Å². The number of benzene rings is 1.